The Labute approximate surface area is 108 Å². The maximum absolute atomic E-state index is 5.60. The van der Waals surface area contributed by atoms with Gasteiger partial charge in [-0.05, 0) is 24.5 Å². The topological polar surface area (TPSA) is 51.8 Å². The van der Waals surface area contributed by atoms with Gasteiger partial charge in [0.15, 0.2) is 0 Å². The van der Waals surface area contributed by atoms with E-state index in [0.29, 0.717) is 18.3 Å². The fourth-order valence-electron chi connectivity index (χ4n) is 1.91. The first-order valence-electron chi connectivity index (χ1n) is 6.25. The third-order valence-corrected chi connectivity index (χ3v) is 2.96. The van der Waals surface area contributed by atoms with Crippen molar-refractivity contribution in [3.8, 4) is 11.3 Å². The summed E-state index contributed by atoms with van der Waals surface area (Å²) in [5.41, 5.74) is 9.95. The maximum Gasteiger partial charge on any atom is 0.142 e. The van der Waals surface area contributed by atoms with E-state index in [0.717, 1.165) is 17.0 Å². The van der Waals surface area contributed by atoms with E-state index in [-0.39, 0.29) is 0 Å². The minimum atomic E-state index is 0.374. The number of nitrogens with zero attached hydrogens (tertiary/aromatic N) is 2. The Balaban J connectivity index is 2.39. The summed E-state index contributed by atoms with van der Waals surface area (Å²) in [4.78, 5) is 8.75. The molecule has 0 atom stereocenters. The van der Waals surface area contributed by atoms with E-state index < -0.39 is 0 Å². The molecule has 3 heteroatoms. The molecule has 18 heavy (non-hydrogen) atoms. The van der Waals surface area contributed by atoms with Crippen molar-refractivity contribution >= 4 is 0 Å². The second-order valence-corrected chi connectivity index (χ2v) is 4.79. The van der Waals surface area contributed by atoms with Crippen LogP contribution in [-0.2, 0) is 6.54 Å². The van der Waals surface area contributed by atoms with Crippen molar-refractivity contribution in [2.75, 3.05) is 0 Å². The highest BCUT2D eigenvalue weighted by Crippen LogP contribution is 2.21. The molecule has 0 bridgehead atoms. The Bertz CT molecular complexity index is 530. The molecule has 0 fully saturated rings. The predicted molar refractivity (Wildman–Crippen MR) is 74.2 cm³/mol. The summed E-state index contributed by atoms with van der Waals surface area (Å²) in [6, 6.07) is 10.5. The maximum atomic E-state index is 5.60. The molecule has 0 aliphatic rings. The molecular formula is C15H19N3. The standard InChI is InChI=1S/C15H19N3/c1-10(2)12-4-6-13(7-5-12)14-8-11(3)17-15(9-16)18-14/h4-8,10H,9,16H2,1-3H3. The van der Waals surface area contributed by atoms with Gasteiger partial charge in [-0.3, -0.25) is 0 Å². The average Bonchev–Trinajstić information content (AvgIpc) is 2.38. The van der Waals surface area contributed by atoms with Gasteiger partial charge in [-0.25, -0.2) is 9.97 Å². The second kappa shape index (κ2) is 5.27. The summed E-state index contributed by atoms with van der Waals surface area (Å²) < 4.78 is 0. The van der Waals surface area contributed by atoms with E-state index in [1.807, 2.05) is 13.0 Å². The van der Waals surface area contributed by atoms with Crippen LogP contribution in [0, 0.1) is 6.92 Å². The third kappa shape index (κ3) is 2.74. The SMILES string of the molecule is Cc1cc(-c2ccc(C(C)C)cc2)nc(CN)n1. The van der Waals surface area contributed by atoms with Crippen LogP contribution < -0.4 is 5.73 Å². The van der Waals surface area contributed by atoms with Crippen molar-refractivity contribution in [2.45, 2.75) is 33.2 Å². The Morgan fingerprint density at radius 3 is 2.33 bits per heavy atom. The van der Waals surface area contributed by atoms with Crippen molar-refractivity contribution in [3.05, 3.63) is 47.4 Å². The van der Waals surface area contributed by atoms with Crippen LogP contribution in [0.5, 0.6) is 0 Å². The molecule has 0 unspecified atom stereocenters. The van der Waals surface area contributed by atoms with Gasteiger partial charge < -0.3 is 5.73 Å². The van der Waals surface area contributed by atoms with Gasteiger partial charge in [0.1, 0.15) is 5.82 Å². The molecule has 2 N–H and O–H groups in total. The summed E-state index contributed by atoms with van der Waals surface area (Å²) in [5, 5.41) is 0. The van der Waals surface area contributed by atoms with E-state index in [4.69, 9.17) is 5.73 Å². The average molecular weight is 241 g/mol. The zero-order valence-electron chi connectivity index (χ0n) is 11.1. The molecule has 0 radical (unpaired) electrons. The van der Waals surface area contributed by atoms with E-state index in [1.165, 1.54) is 5.56 Å². The Hall–Kier alpha value is -1.74. The first kappa shape index (κ1) is 12.7. The van der Waals surface area contributed by atoms with Crippen LogP contribution in [0.2, 0.25) is 0 Å². The van der Waals surface area contributed by atoms with Gasteiger partial charge in [0, 0.05) is 11.3 Å². The summed E-state index contributed by atoms with van der Waals surface area (Å²) in [7, 11) is 0. The highest BCUT2D eigenvalue weighted by atomic mass is 14.9. The number of hydrogen-bond donors (Lipinski definition) is 1. The van der Waals surface area contributed by atoms with Crippen molar-refractivity contribution in [1.29, 1.82) is 0 Å². The number of benzene rings is 1. The summed E-state index contributed by atoms with van der Waals surface area (Å²) in [6.07, 6.45) is 0. The fourth-order valence-corrected chi connectivity index (χ4v) is 1.91. The van der Waals surface area contributed by atoms with E-state index in [1.54, 1.807) is 0 Å². The Kier molecular flexibility index (Phi) is 3.72. The number of nitrogens with two attached hydrogens (primary N) is 1. The highest BCUT2D eigenvalue weighted by Gasteiger charge is 2.05. The molecule has 0 spiro atoms. The summed E-state index contributed by atoms with van der Waals surface area (Å²) in [6.45, 7) is 6.72. The van der Waals surface area contributed by atoms with Crippen molar-refractivity contribution in [3.63, 3.8) is 0 Å². The van der Waals surface area contributed by atoms with Crippen molar-refractivity contribution in [1.82, 2.24) is 9.97 Å². The monoisotopic (exact) mass is 241 g/mol. The largest absolute Gasteiger partial charge is 0.324 e. The van der Waals surface area contributed by atoms with Crippen molar-refractivity contribution < 1.29 is 0 Å². The van der Waals surface area contributed by atoms with Crippen LogP contribution in [0.3, 0.4) is 0 Å². The number of rotatable bonds is 3. The van der Waals surface area contributed by atoms with Gasteiger partial charge in [-0.15, -0.1) is 0 Å². The number of hydrogen-bond acceptors (Lipinski definition) is 3. The van der Waals surface area contributed by atoms with Crippen LogP contribution in [0.4, 0.5) is 0 Å². The second-order valence-electron chi connectivity index (χ2n) is 4.79. The van der Waals surface area contributed by atoms with Crippen molar-refractivity contribution in [2.24, 2.45) is 5.73 Å². The lowest BCUT2D eigenvalue weighted by molar-refractivity contribution is 0.866. The van der Waals surface area contributed by atoms with Gasteiger partial charge in [0.05, 0.1) is 12.2 Å². The van der Waals surface area contributed by atoms with Gasteiger partial charge in [-0.2, -0.15) is 0 Å². The lowest BCUT2D eigenvalue weighted by atomic mass is 10.0. The first-order chi connectivity index (χ1) is 8.60. The van der Waals surface area contributed by atoms with E-state index in [9.17, 15) is 0 Å². The minimum absolute atomic E-state index is 0.374. The Morgan fingerprint density at radius 2 is 1.78 bits per heavy atom. The lowest BCUT2D eigenvalue weighted by Crippen LogP contribution is -2.05. The molecule has 0 amide bonds. The molecule has 94 valence electrons. The Morgan fingerprint density at radius 1 is 1.11 bits per heavy atom. The quantitative estimate of drug-likeness (QED) is 0.898. The minimum Gasteiger partial charge on any atom is -0.324 e. The third-order valence-electron chi connectivity index (χ3n) is 2.96. The molecule has 0 aliphatic carbocycles. The van der Waals surface area contributed by atoms with Crippen LogP contribution in [0.1, 0.15) is 36.8 Å². The zero-order chi connectivity index (χ0) is 13.1. The van der Waals surface area contributed by atoms with Crippen LogP contribution in [-0.4, -0.2) is 9.97 Å². The molecule has 1 aromatic carbocycles. The van der Waals surface area contributed by atoms with Gasteiger partial charge in [-0.1, -0.05) is 38.1 Å². The lowest BCUT2D eigenvalue weighted by Gasteiger charge is -2.08. The van der Waals surface area contributed by atoms with E-state index >= 15 is 0 Å². The molecule has 2 rings (SSSR count). The van der Waals surface area contributed by atoms with Gasteiger partial charge >= 0.3 is 0 Å². The number of aryl methyl sites for hydroxylation is 1. The van der Waals surface area contributed by atoms with Gasteiger partial charge in [0.25, 0.3) is 0 Å². The fraction of sp³-hybridized carbons (Fsp3) is 0.333. The molecule has 1 heterocycles. The normalized spacial score (nSPS) is 10.9. The molecule has 3 nitrogen and oxygen atoms in total. The molecule has 2 aromatic rings. The van der Waals surface area contributed by atoms with Crippen LogP contribution in [0.25, 0.3) is 11.3 Å². The molecule has 0 saturated heterocycles. The highest BCUT2D eigenvalue weighted by molar-refractivity contribution is 5.59. The van der Waals surface area contributed by atoms with E-state index in [2.05, 4.69) is 48.1 Å². The summed E-state index contributed by atoms with van der Waals surface area (Å²) >= 11 is 0. The first-order valence-corrected chi connectivity index (χ1v) is 6.25. The number of aromatic nitrogens is 2. The van der Waals surface area contributed by atoms with Gasteiger partial charge in [0.2, 0.25) is 0 Å². The smallest absolute Gasteiger partial charge is 0.142 e. The zero-order valence-corrected chi connectivity index (χ0v) is 11.1. The van der Waals surface area contributed by atoms with Crippen LogP contribution >= 0.6 is 0 Å². The molecule has 0 saturated carbocycles. The summed E-state index contributed by atoms with van der Waals surface area (Å²) in [5.74, 6) is 1.24. The predicted octanol–water partition coefficient (Wildman–Crippen LogP) is 3.03. The molecule has 1 aromatic heterocycles. The molecular weight excluding hydrogens is 222 g/mol. The molecule has 0 aliphatic heterocycles. The van der Waals surface area contributed by atoms with Crippen LogP contribution in [0.15, 0.2) is 30.3 Å².